The highest BCUT2D eigenvalue weighted by Gasteiger charge is 2.24. The lowest BCUT2D eigenvalue weighted by Gasteiger charge is -2.36. The van der Waals surface area contributed by atoms with Gasteiger partial charge in [0.25, 0.3) is 5.91 Å². The monoisotopic (exact) mass is 480 g/mol. The lowest BCUT2D eigenvalue weighted by molar-refractivity contribution is 0.0746. The van der Waals surface area contributed by atoms with E-state index in [4.69, 9.17) is 25.8 Å². The van der Waals surface area contributed by atoms with Crippen molar-refractivity contribution < 1.29 is 19.0 Å². The first-order chi connectivity index (χ1) is 16.6. The van der Waals surface area contributed by atoms with Gasteiger partial charge in [0.2, 0.25) is 0 Å². The predicted molar refractivity (Wildman–Crippen MR) is 135 cm³/mol. The lowest BCUT2D eigenvalue weighted by Crippen LogP contribution is -2.48. The molecule has 0 spiro atoms. The molecule has 3 aromatic carbocycles. The molecule has 4 rings (SSSR count). The molecule has 178 valence electrons. The number of carbonyl (C=O) groups is 1. The van der Waals surface area contributed by atoms with Crippen molar-refractivity contribution in [3.05, 3.63) is 82.9 Å². The Morgan fingerprint density at radius 3 is 2.44 bits per heavy atom. The number of para-hydroxylation sites is 2. The highest BCUT2D eigenvalue weighted by Crippen LogP contribution is 2.29. The van der Waals surface area contributed by atoms with Crippen molar-refractivity contribution >= 4 is 23.2 Å². The molecule has 0 unspecified atom stereocenters. The van der Waals surface area contributed by atoms with Crippen LogP contribution in [-0.2, 0) is 6.61 Å². The van der Waals surface area contributed by atoms with Crippen LogP contribution >= 0.6 is 11.6 Å². The number of anilines is 1. The van der Waals surface area contributed by atoms with Crippen LogP contribution in [0.3, 0.4) is 0 Å². The molecule has 1 fully saturated rings. The van der Waals surface area contributed by atoms with E-state index in [0.717, 1.165) is 30.1 Å². The summed E-state index contributed by atoms with van der Waals surface area (Å²) >= 11 is 6.06. The van der Waals surface area contributed by atoms with Crippen LogP contribution in [-0.4, -0.2) is 50.7 Å². The number of carbonyl (C=O) groups excluding carboxylic acids is 1. The van der Waals surface area contributed by atoms with Gasteiger partial charge < -0.3 is 24.0 Å². The molecular weight excluding hydrogens is 452 g/mol. The molecule has 3 aromatic rings. The van der Waals surface area contributed by atoms with Crippen molar-refractivity contribution in [2.24, 2.45) is 0 Å². The number of amides is 1. The summed E-state index contributed by atoms with van der Waals surface area (Å²) in [5.41, 5.74) is 2.50. The van der Waals surface area contributed by atoms with Gasteiger partial charge in [-0.2, -0.15) is 0 Å². The third-order valence-corrected chi connectivity index (χ3v) is 6.03. The number of rotatable bonds is 8. The third-order valence-electron chi connectivity index (χ3n) is 5.79. The Bertz CT molecular complexity index is 1130. The van der Waals surface area contributed by atoms with Gasteiger partial charge in [-0.15, -0.1) is 0 Å². The Kier molecular flexibility index (Phi) is 7.80. The van der Waals surface area contributed by atoms with E-state index in [1.54, 1.807) is 19.2 Å². The Hall–Kier alpha value is -3.38. The summed E-state index contributed by atoms with van der Waals surface area (Å²) in [6, 6.07) is 20.8. The summed E-state index contributed by atoms with van der Waals surface area (Å²) in [6.45, 7) is 5.50. The second kappa shape index (κ2) is 11.2. The molecular formula is C27H29ClN2O4. The average molecular weight is 481 g/mol. The molecule has 1 amide bonds. The van der Waals surface area contributed by atoms with E-state index in [2.05, 4.69) is 11.0 Å². The highest BCUT2D eigenvalue weighted by molar-refractivity contribution is 6.30. The minimum atomic E-state index is 0.00623. The Labute approximate surface area is 205 Å². The fraction of sp³-hybridized carbons (Fsp3) is 0.296. The first-order valence-corrected chi connectivity index (χ1v) is 11.8. The summed E-state index contributed by atoms with van der Waals surface area (Å²) < 4.78 is 17.2. The second-order valence-corrected chi connectivity index (χ2v) is 8.39. The van der Waals surface area contributed by atoms with Crippen LogP contribution in [0.2, 0.25) is 5.02 Å². The highest BCUT2D eigenvalue weighted by atomic mass is 35.5. The summed E-state index contributed by atoms with van der Waals surface area (Å²) in [7, 11) is 1.68. The molecule has 1 heterocycles. The molecule has 34 heavy (non-hydrogen) atoms. The maximum atomic E-state index is 13.3. The zero-order chi connectivity index (χ0) is 23.9. The van der Waals surface area contributed by atoms with Crippen molar-refractivity contribution in [2.45, 2.75) is 13.5 Å². The molecule has 0 bridgehead atoms. The molecule has 7 heteroatoms. The average Bonchev–Trinajstić information content (AvgIpc) is 2.88. The fourth-order valence-electron chi connectivity index (χ4n) is 4.06. The van der Waals surface area contributed by atoms with Gasteiger partial charge in [0.15, 0.2) is 0 Å². The number of methoxy groups -OCH3 is 1. The molecule has 0 aromatic heterocycles. The van der Waals surface area contributed by atoms with Crippen molar-refractivity contribution in [1.82, 2.24) is 4.90 Å². The summed E-state index contributed by atoms with van der Waals surface area (Å²) in [5, 5.41) is 0.610. The summed E-state index contributed by atoms with van der Waals surface area (Å²) in [5.74, 6) is 2.23. The first-order valence-electron chi connectivity index (χ1n) is 11.4. The largest absolute Gasteiger partial charge is 0.495 e. The van der Waals surface area contributed by atoms with Crippen molar-refractivity contribution in [1.29, 1.82) is 0 Å². The molecule has 0 N–H and O–H groups in total. The van der Waals surface area contributed by atoms with E-state index in [1.165, 1.54) is 0 Å². The maximum Gasteiger partial charge on any atom is 0.253 e. The topological polar surface area (TPSA) is 51.2 Å². The fourth-order valence-corrected chi connectivity index (χ4v) is 4.24. The molecule has 6 nitrogen and oxygen atoms in total. The van der Waals surface area contributed by atoms with Crippen LogP contribution in [0.1, 0.15) is 22.8 Å². The molecule has 0 saturated carbocycles. The van der Waals surface area contributed by atoms with E-state index < -0.39 is 0 Å². The summed E-state index contributed by atoms with van der Waals surface area (Å²) in [4.78, 5) is 17.4. The number of hydrogen-bond donors (Lipinski definition) is 0. The number of nitrogens with zero attached hydrogens (tertiary/aromatic N) is 2. The zero-order valence-electron chi connectivity index (χ0n) is 19.5. The minimum absolute atomic E-state index is 0.00623. The van der Waals surface area contributed by atoms with E-state index in [-0.39, 0.29) is 12.5 Å². The maximum absolute atomic E-state index is 13.3. The van der Waals surface area contributed by atoms with Gasteiger partial charge in [-0.3, -0.25) is 4.79 Å². The van der Waals surface area contributed by atoms with Gasteiger partial charge in [-0.1, -0.05) is 29.8 Å². The Balaban J connectivity index is 1.45. The third kappa shape index (κ3) is 5.57. The second-order valence-electron chi connectivity index (χ2n) is 7.95. The van der Waals surface area contributed by atoms with Crippen LogP contribution in [0, 0.1) is 0 Å². The van der Waals surface area contributed by atoms with Crippen molar-refractivity contribution in [3.63, 3.8) is 0 Å². The van der Waals surface area contributed by atoms with Gasteiger partial charge in [0, 0.05) is 42.3 Å². The standard InChI is InChI=1S/C27H29ClN2O4/c1-3-33-25-12-11-20(17-21(25)19-34-23-8-6-7-22(28)18-23)27(31)30-15-13-29(14-16-30)24-9-4-5-10-26(24)32-2/h4-12,17-18H,3,13-16,19H2,1-2H3. The SMILES string of the molecule is CCOc1ccc(C(=O)N2CCN(c3ccccc3OC)CC2)cc1COc1cccc(Cl)c1. The molecule has 1 saturated heterocycles. The van der Waals surface area contributed by atoms with Crippen LogP contribution in [0.15, 0.2) is 66.7 Å². The minimum Gasteiger partial charge on any atom is -0.495 e. The number of piperazine rings is 1. The van der Waals surface area contributed by atoms with Crippen LogP contribution in [0.4, 0.5) is 5.69 Å². The molecule has 1 aliphatic rings. The number of hydrogen-bond acceptors (Lipinski definition) is 5. The molecule has 0 atom stereocenters. The van der Waals surface area contributed by atoms with E-state index in [9.17, 15) is 4.79 Å². The number of ether oxygens (including phenoxy) is 3. The molecule has 0 aliphatic carbocycles. The van der Waals surface area contributed by atoms with E-state index in [1.807, 2.05) is 60.4 Å². The van der Waals surface area contributed by atoms with Crippen LogP contribution in [0.5, 0.6) is 17.2 Å². The van der Waals surface area contributed by atoms with Gasteiger partial charge in [0.05, 0.1) is 19.4 Å². The van der Waals surface area contributed by atoms with Gasteiger partial charge in [-0.25, -0.2) is 0 Å². The van der Waals surface area contributed by atoms with Gasteiger partial charge >= 0.3 is 0 Å². The first kappa shape index (κ1) is 23.8. The predicted octanol–water partition coefficient (Wildman–Crippen LogP) is 5.29. The quantitative estimate of drug-likeness (QED) is 0.438. The smallest absolute Gasteiger partial charge is 0.253 e. The lowest BCUT2D eigenvalue weighted by atomic mass is 10.1. The normalized spacial score (nSPS) is 13.5. The van der Waals surface area contributed by atoms with E-state index >= 15 is 0 Å². The molecule has 1 aliphatic heterocycles. The summed E-state index contributed by atoms with van der Waals surface area (Å²) in [6.07, 6.45) is 0. The Morgan fingerprint density at radius 1 is 0.912 bits per heavy atom. The van der Waals surface area contributed by atoms with Gasteiger partial charge in [0.1, 0.15) is 23.9 Å². The van der Waals surface area contributed by atoms with Crippen LogP contribution in [0.25, 0.3) is 0 Å². The number of benzene rings is 3. The van der Waals surface area contributed by atoms with E-state index in [0.29, 0.717) is 41.8 Å². The van der Waals surface area contributed by atoms with Gasteiger partial charge in [-0.05, 0) is 55.5 Å². The van der Waals surface area contributed by atoms with Crippen molar-refractivity contribution in [3.8, 4) is 17.2 Å². The number of halogens is 1. The zero-order valence-corrected chi connectivity index (χ0v) is 20.3. The molecule has 0 radical (unpaired) electrons. The van der Waals surface area contributed by atoms with Crippen molar-refractivity contribution in [2.75, 3.05) is 44.8 Å². The van der Waals surface area contributed by atoms with Crippen LogP contribution < -0.4 is 19.1 Å². The Morgan fingerprint density at radius 2 is 1.71 bits per heavy atom.